The number of furan rings is 1. The zero-order valence-electron chi connectivity index (χ0n) is 15.7. The van der Waals surface area contributed by atoms with Gasteiger partial charge in [0.2, 0.25) is 0 Å². The van der Waals surface area contributed by atoms with Crippen LogP contribution in [0.25, 0.3) is 0 Å². The summed E-state index contributed by atoms with van der Waals surface area (Å²) in [6, 6.07) is 13.7. The summed E-state index contributed by atoms with van der Waals surface area (Å²) in [6.07, 6.45) is 6.12. The standard InChI is InChI=1S/C22H22N2O3S/c1-2-19-9-10-20(28-19)13-23-24-22(25)21-11-8-18(27-21)14-26-17-7-6-15-4-3-5-16(15)12-17/h6-13H,2-5,14H2,1H3,(H,24,25)/b23-13+. The summed E-state index contributed by atoms with van der Waals surface area (Å²) >= 11 is 1.66. The van der Waals surface area contributed by atoms with Gasteiger partial charge >= 0.3 is 5.91 Å². The van der Waals surface area contributed by atoms with E-state index in [1.54, 1.807) is 29.7 Å². The minimum absolute atomic E-state index is 0.213. The number of rotatable bonds is 7. The van der Waals surface area contributed by atoms with Crippen molar-refractivity contribution in [3.05, 3.63) is 74.9 Å². The maximum atomic E-state index is 12.2. The molecule has 28 heavy (non-hydrogen) atoms. The fourth-order valence-electron chi connectivity index (χ4n) is 3.23. The van der Waals surface area contributed by atoms with Gasteiger partial charge in [0.15, 0.2) is 5.76 Å². The normalized spacial score (nSPS) is 13.0. The van der Waals surface area contributed by atoms with Crippen molar-refractivity contribution in [2.75, 3.05) is 0 Å². The van der Waals surface area contributed by atoms with Crippen LogP contribution in [0.1, 0.15) is 50.5 Å². The van der Waals surface area contributed by atoms with Crippen LogP contribution >= 0.6 is 11.3 Å². The number of hydrazone groups is 1. The molecule has 1 aliphatic carbocycles. The molecule has 2 aromatic heterocycles. The third-order valence-electron chi connectivity index (χ3n) is 4.73. The van der Waals surface area contributed by atoms with Crippen LogP contribution in [-0.2, 0) is 25.9 Å². The highest BCUT2D eigenvalue weighted by atomic mass is 32.1. The summed E-state index contributed by atoms with van der Waals surface area (Å²) in [5, 5.41) is 4.00. The molecule has 1 N–H and O–H groups in total. The van der Waals surface area contributed by atoms with E-state index in [4.69, 9.17) is 9.15 Å². The summed E-state index contributed by atoms with van der Waals surface area (Å²) in [4.78, 5) is 14.4. The Hall–Kier alpha value is -2.86. The van der Waals surface area contributed by atoms with Crippen molar-refractivity contribution >= 4 is 23.5 Å². The molecule has 0 atom stereocenters. The Bertz CT molecular complexity index is 1000. The molecule has 1 amide bonds. The molecule has 2 heterocycles. The van der Waals surface area contributed by atoms with Gasteiger partial charge in [-0.1, -0.05) is 13.0 Å². The molecule has 0 fully saturated rings. The van der Waals surface area contributed by atoms with Crippen molar-refractivity contribution in [2.24, 2.45) is 5.10 Å². The molecule has 0 unspecified atom stereocenters. The van der Waals surface area contributed by atoms with E-state index in [1.807, 2.05) is 12.1 Å². The van der Waals surface area contributed by atoms with Crippen molar-refractivity contribution in [1.29, 1.82) is 0 Å². The Morgan fingerprint density at radius 3 is 2.96 bits per heavy atom. The Morgan fingerprint density at radius 1 is 1.21 bits per heavy atom. The molecule has 6 heteroatoms. The number of carbonyl (C=O) groups excluding carboxylic acids is 1. The van der Waals surface area contributed by atoms with Crippen LogP contribution in [0.5, 0.6) is 5.75 Å². The van der Waals surface area contributed by atoms with Gasteiger partial charge in [0, 0.05) is 9.75 Å². The number of carbonyl (C=O) groups is 1. The number of aryl methyl sites for hydroxylation is 3. The highest BCUT2D eigenvalue weighted by molar-refractivity contribution is 7.13. The number of amides is 1. The van der Waals surface area contributed by atoms with Gasteiger partial charge in [0.1, 0.15) is 18.1 Å². The molecule has 4 rings (SSSR count). The van der Waals surface area contributed by atoms with E-state index >= 15 is 0 Å². The van der Waals surface area contributed by atoms with Gasteiger partial charge in [-0.15, -0.1) is 11.3 Å². The molecular weight excluding hydrogens is 372 g/mol. The molecule has 0 radical (unpaired) electrons. The summed E-state index contributed by atoms with van der Waals surface area (Å²) in [5.74, 6) is 1.26. The predicted molar refractivity (Wildman–Crippen MR) is 110 cm³/mol. The summed E-state index contributed by atoms with van der Waals surface area (Å²) in [7, 11) is 0. The quantitative estimate of drug-likeness (QED) is 0.465. The summed E-state index contributed by atoms with van der Waals surface area (Å²) in [6.45, 7) is 2.39. The fourth-order valence-corrected chi connectivity index (χ4v) is 4.06. The SMILES string of the molecule is CCc1ccc(/C=N/NC(=O)c2ccc(COc3ccc4c(c3)CCC4)o2)s1. The molecule has 1 aliphatic rings. The van der Waals surface area contributed by atoms with Crippen LogP contribution in [0.4, 0.5) is 0 Å². The molecule has 0 saturated carbocycles. The Kier molecular flexibility index (Phi) is 5.58. The largest absolute Gasteiger partial charge is 0.486 e. The highest BCUT2D eigenvalue weighted by Crippen LogP contribution is 2.26. The van der Waals surface area contributed by atoms with Crippen LogP contribution in [0.15, 0.2) is 52.0 Å². The second-order valence-electron chi connectivity index (χ2n) is 6.70. The molecule has 0 bridgehead atoms. The van der Waals surface area contributed by atoms with E-state index in [0.717, 1.165) is 29.9 Å². The molecule has 0 saturated heterocycles. The van der Waals surface area contributed by atoms with E-state index < -0.39 is 0 Å². The minimum Gasteiger partial charge on any atom is -0.486 e. The van der Waals surface area contributed by atoms with Crippen molar-refractivity contribution in [3.8, 4) is 5.75 Å². The second-order valence-corrected chi connectivity index (χ2v) is 7.90. The Labute approximate surface area is 168 Å². The van der Waals surface area contributed by atoms with Crippen molar-refractivity contribution < 1.29 is 13.9 Å². The smallest absolute Gasteiger partial charge is 0.307 e. The molecule has 0 aliphatic heterocycles. The van der Waals surface area contributed by atoms with Crippen LogP contribution in [-0.4, -0.2) is 12.1 Å². The van der Waals surface area contributed by atoms with Gasteiger partial charge in [-0.2, -0.15) is 5.10 Å². The lowest BCUT2D eigenvalue weighted by molar-refractivity contribution is 0.0923. The van der Waals surface area contributed by atoms with Crippen LogP contribution in [0.2, 0.25) is 0 Å². The molecule has 144 valence electrons. The monoisotopic (exact) mass is 394 g/mol. The van der Waals surface area contributed by atoms with E-state index in [-0.39, 0.29) is 18.3 Å². The molecule has 5 nitrogen and oxygen atoms in total. The first-order valence-electron chi connectivity index (χ1n) is 9.46. The zero-order valence-corrected chi connectivity index (χ0v) is 16.6. The molecule has 3 aromatic rings. The second kappa shape index (κ2) is 8.44. The third-order valence-corrected chi connectivity index (χ3v) is 5.89. The maximum absolute atomic E-state index is 12.2. The van der Waals surface area contributed by atoms with Gasteiger partial charge in [-0.05, 0) is 73.2 Å². The average Bonchev–Trinajstić information content (AvgIpc) is 3.45. The van der Waals surface area contributed by atoms with Gasteiger partial charge in [-0.3, -0.25) is 4.79 Å². The van der Waals surface area contributed by atoms with E-state index in [9.17, 15) is 4.79 Å². The van der Waals surface area contributed by atoms with Gasteiger partial charge < -0.3 is 9.15 Å². The van der Waals surface area contributed by atoms with Crippen LogP contribution in [0.3, 0.4) is 0 Å². The average molecular weight is 394 g/mol. The van der Waals surface area contributed by atoms with E-state index in [1.165, 1.54) is 22.4 Å². The van der Waals surface area contributed by atoms with E-state index in [0.29, 0.717) is 5.76 Å². The number of ether oxygens (including phenoxy) is 1. The minimum atomic E-state index is -0.382. The number of fused-ring (bicyclic) bond motifs is 1. The molecule has 0 spiro atoms. The van der Waals surface area contributed by atoms with Crippen LogP contribution in [0, 0.1) is 0 Å². The topological polar surface area (TPSA) is 63.8 Å². The van der Waals surface area contributed by atoms with Crippen molar-refractivity contribution in [1.82, 2.24) is 5.43 Å². The maximum Gasteiger partial charge on any atom is 0.307 e. The lowest BCUT2D eigenvalue weighted by Gasteiger charge is -2.06. The first kappa shape index (κ1) is 18.5. The predicted octanol–water partition coefficient (Wildman–Crippen LogP) is 4.74. The van der Waals surface area contributed by atoms with Gasteiger partial charge in [-0.25, -0.2) is 5.43 Å². The van der Waals surface area contributed by atoms with Gasteiger partial charge in [0.05, 0.1) is 6.21 Å². The number of benzene rings is 1. The summed E-state index contributed by atoms with van der Waals surface area (Å²) < 4.78 is 11.4. The lowest BCUT2D eigenvalue weighted by Crippen LogP contribution is -2.16. The number of hydrogen-bond acceptors (Lipinski definition) is 5. The van der Waals surface area contributed by atoms with Gasteiger partial charge in [0.25, 0.3) is 0 Å². The Balaban J connectivity index is 1.30. The fraction of sp³-hybridized carbons (Fsp3) is 0.273. The first-order valence-corrected chi connectivity index (χ1v) is 10.3. The number of hydrogen-bond donors (Lipinski definition) is 1. The molecule has 1 aromatic carbocycles. The highest BCUT2D eigenvalue weighted by Gasteiger charge is 2.13. The Morgan fingerprint density at radius 2 is 2.11 bits per heavy atom. The zero-order chi connectivity index (χ0) is 19.3. The lowest BCUT2D eigenvalue weighted by atomic mass is 10.1. The number of nitrogens with one attached hydrogen (secondary N) is 1. The van der Waals surface area contributed by atoms with Crippen molar-refractivity contribution in [3.63, 3.8) is 0 Å². The number of nitrogens with zero attached hydrogens (tertiary/aromatic N) is 1. The van der Waals surface area contributed by atoms with Crippen LogP contribution < -0.4 is 10.2 Å². The first-order chi connectivity index (χ1) is 13.7. The molecular formula is C22H22N2O3S. The number of thiophene rings is 1. The van der Waals surface area contributed by atoms with Crippen molar-refractivity contribution in [2.45, 2.75) is 39.2 Å². The van der Waals surface area contributed by atoms with E-state index in [2.05, 4.69) is 35.7 Å². The third kappa shape index (κ3) is 4.34. The summed E-state index contributed by atoms with van der Waals surface area (Å²) in [5.41, 5.74) is 5.28.